The number of carbonyl (C=O) groups is 1. The molecular weight excluding hydrogens is 271 g/mol. The zero-order valence-corrected chi connectivity index (χ0v) is 10.2. The maximum absolute atomic E-state index is 13.0. The minimum atomic E-state index is -4.55. The minimum Gasteiger partial charge on any atom is -0.478 e. The maximum atomic E-state index is 13.0. The van der Waals surface area contributed by atoms with Crippen LogP contribution in [0.25, 0.3) is 10.9 Å². The fraction of sp³-hybridized carbons (Fsp3) is 0.286. The number of halogens is 3. The number of aromatic nitrogens is 1. The molecule has 0 atom stereocenters. The van der Waals surface area contributed by atoms with Crippen LogP contribution in [0.1, 0.15) is 40.4 Å². The van der Waals surface area contributed by atoms with Gasteiger partial charge in [-0.05, 0) is 25.0 Å². The number of fused-ring (bicyclic) bond motifs is 1. The molecule has 3 rings (SSSR count). The van der Waals surface area contributed by atoms with Gasteiger partial charge in [-0.1, -0.05) is 12.1 Å². The molecule has 1 aromatic heterocycles. The van der Waals surface area contributed by atoms with E-state index in [2.05, 4.69) is 4.98 Å². The van der Waals surface area contributed by atoms with Crippen molar-refractivity contribution in [1.82, 2.24) is 4.98 Å². The molecule has 0 unspecified atom stereocenters. The normalized spacial score (nSPS) is 15.6. The van der Waals surface area contributed by atoms with Crippen molar-refractivity contribution in [2.45, 2.75) is 24.9 Å². The van der Waals surface area contributed by atoms with Crippen LogP contribution in [0.2, 0.25) is 0 Å². The first-order valence-electron chi connectivity index (χ1n) is 6.12. The van der Waals surface area contributed by atoms with Gasteiger partial charge in [-0.25, -0.2) is 4.79 Å². The molecule has 104 valence electrons. The lowest BCUT2D eigenvalue weighted by molar-refractivity contribution is -0.136. The van der Waals surface area contributed by atoms with Gasteiger partial charge in [-0.15, -0.1) is 0 Å². The molecular formula is C14H10F3NO2. The van der Waals surface area contributed by atoms with Crippen LogP contribution in [-0.2, 0) is 6.18 Å². The Morgan fingerprint density at radius 1 is 1.30 bits per heavy atom. The third-order valence-corrected chi connectivity index (χ3v) is 3.39. The van der Waals surface area contributed by atoms with Crippen molar-refractivity contribution in [3.05, 3.63) is 41.1 Å². The number of alkyl halides is 3. The molecule has 2 aromatic rings. The van der Waals surface area contributed by atoms with Crippen LogP contribution in [0.4, 0.5) is 13.2 Å². The average molecular weight is 281 g/mol. The average Bonchev–Trinajstić information content (AvgIpc) is 3.19. The predicted molar refractivity (Wildman–Crippen MR) is 65.7 cm³/mol. The van der Waals surface area contributed by atoms with E-state index < -0.39 is 17.7 Å². The SMILES string of the molecule is O=C(O)c1cc(C2CC2)nc2c(C(F)(F)F)cccc12. The Labute approximate surface area is 112 Å². The Morgan fingerprint density at radius 3 is 2.55 bits per heavy atom. The first-order valence-corrected chi connectivity index (χ1v) is 6.12. The van der Waals surface area contributed by atoms with Crippen molar-refractivity contribution in [3.8, 4) is 0 Å². The van der Waals surface area contributed by atoms with Crippen LogP contribution in [0.5, 0.6) is 0 Å². The Bertz CT molecular complexity index is 705. The number of nitrogens with zero attached hydrogens (tertiary/aromatic N) is 1. The van der Waals surface area contributed by atoms with Gasteiger partial charge in [0.25, 0.3) is 0 Å². The topological polar surface area (TPSA) is 50.2 Å². The lowest BCUT2D eigenvalue weighted by Gasteiger charge is -2.12. The molecule has 1 aliphatic rings. The van der Waals surface area contributed by atoms with Gasteiger partial charge in [-0.3, -0.25) is 4.98 Å². The van der Waals surface area contributed by atoms with Crippen molar-refractivity contribution in [1.29, 1.82) is 0 Å². The fourth-order valence-corrected chi connectivity index (χ4v) is 2.26. The Morgan fingerprint density at radius 2 is 2.00 bits per heavy atom. The fourth-order valence-electron chi connectivity index (χ4n) is 2.26. The molecule has 1 saturated carbocycles. The smallest absolute Gasteiger partial charge is 0.418 e. The highest BCUT2D eigenvalue weighted by atomic mass is 19.4. The number of rotatable bonds is 2. The predicted octanol–water partition coefficient (Wildman–Crippen LogP) is 3.83. The monoisotopic (exact) mass is 281 g/mol. The van der Waals surface area contributed by atoms with Crippen LogP contribution >= 0.6 is 0 Å². The molecule has 1 N–H and O–H groups in total. The summed E-state index contributed by atoms with van der Waals surface area (Å²) in [6, 6.07) is 4.88. The molecule has 1 fully saturated rings. The molecule has 0 amide bonds. The van der Waals surface area contributed by atoms with Crippen molar-refractivity contribution in [3.63, 3.8) is 0 Å². The molecule has 0 spiro atoms. The summed E-state index contributed by atoms with van der Waals surface area (Å²) in [6.45, 7) is 0. The summed E-state index contributed by atoms with van der Waals surface area (Å²) in [5.41, 5.74) is -0.851. The summed E-state index contributed by atoms with van der Waals surface area (Å²) in [4.78, 5) is 15.3. The van der Waals surface area contributed by atoms with E-state index in [1.54, 1.807) is 0 Å². The van der Waals surface area contributed by atoms with E-state index in [0.29, 0.717) is 5.69 Å². The van der Waals surface area contributed by atoms with Gasteiger partial charge in [-0.2, -0.15) is 13.2 Å². The molecule has 1 heterocycles. The van der Waals surface area contributed by atoms with Gasteiger partial charge in [0.2, 0.25) is 0 Å². The van der Waals surface area contributed by atoms with Gasteiger partial charge in [0.1, 0.15) is 0 Å². The van der Waals surface area contributed by atoms with Gasteiger partial charge >= 0.3 is 12.1 Å². The molecule has 0 aliphatic heterocycles. The number of pyridine rings is 1. The summed E-state index contributed by atoms with van der Waals surface area (Å²) in [5, 5.41) is 9.22. The van der Waals surface area contributed by atoms with Crippen LogP contribution in [-0.4, -0.2) is 16.1 Å². The molecule has 20 heavy (non-hydrogen) atoms. The van der Waals surface area contributed by atoms with Gasteiger partial charge in [0, 0.05) is 17.0 Å². The number of benzene rings is 1. The highest BCUT2D eigenvalue weighted by molar-refractivity contribution is 6.03. The zero-order valence-electron chi connectivity index (χ0n) is 10.2. The van der Waals surface area contributed by atoms with Crippen LogP contribution in [0.3, 0.4) is 0 Å². The van der Waals surface area contributed by atoms with E-state index in [4.69, 9.17) is 0 Å². The second-order valence-electron chi connectivity index (χ2n) is 4.87. The quantitative estimate of drug-likeness (QED) is 0.910. The van der Waals surface area contributed by atoms with E-state index in [9.17, 15) is 23.1 Å². The number of hydrogen-bond donors (Lipinski definition) is 1. The molecule has 3 nitrogen and oxygen atoms in total. The Balaban J connectivity index is 2.36. The van der Waals surface area contributed by atoms with E-state index in [-0.39, 0.29) is 22.4 Å². The van der Waals surface area contributed by atoms with Crippen molar-refractivity contribution >= 4 is 16.9 Å². The van der Waals surface area contributed by atoms with Crippen LogP contribution in [0, 0.1) is 0 Å². The van der Waals surface area contributed by atoms with E-state index >= 15 is 0 Å². The third kappa shape index (κ3) is 2.11. The minimum absolute atomic E-state index is 0.0247. The molecule has 0 radical (unpaired) electrons. The Kier molecular flexibility index (Phi) is 2.70. The van der Waals surface area contributed by atoms with Crippen LogP contribution < -0.4 is 0 Å². The van der Waals surface area contributed by atoms with E-state index in [1.807, 2.05) is 0 Å². The summed E-state index contributed by atoms with van der Waals surface area (Å²) >= 11 is 0. The molecule has 0 bridgehead atoms. The standard InChI is InChI=1S/C14H10F3NO2/c15-14(16,17)10-3-1-2-8-9(13(19)20)6-11(7-4-5-7)18-12(8)10/h1-3,6-7H,4-5H2,(H,19,20). The van der Waals surface area contributed by atoms with E-state index in [1.165, 1.54) is 18.2 Å². The number of aromatic carboxylic acids is 1. The largest absolute Gasteiger partial charge is 0.478 e. The summed E-state index contributed by atoms with van der Waals surface area (Å²) in [7, 11) is 0. The second kappa shape index (κ2) is 4.19. The molecule has 6 heteroatoms. The number of hydrogen-bond acceptors (Lipinski definition) is 2. The number of carboxylic acid groups (broad SMARTS) is 1. The highest BCUT2D eigenvalue weighted by Crippen LogP contribution is 2.42. The van der Waals surface area contributed by atoms with Gasteiger partial charge in [0.05, 0.1) is 16.6 Å². The molecule has 1 aliphatic carbocycles. The van der Waals surface area contributed by atoms with Crippen molar-refractivity contribution < 1.29 is 23.1 Å². The number of carboxylic acids is 1. The summed E-state index contributed by atoms with van der Waals surface area (Å²) in [5.74, 6) is -1.16. The van der Waals surface area contributed by atoms with Gasteiger partial charge < -0.3 is 5.11 Å². The lowest BCUT2D eigenvalue weighted by Crippen LogP contribution is -2.09. The third-order valence-electron chi connectivity index (χ3n) is 3.39. The summed E-state index contributed by atoms with van der Waals surface area (Å²) in [6.07, 6.45) is -2.87. The lowest BCUT2D eigenvalue weighted by atomic mass is 10.0. The van der Waals surface area contributed by atoms with Crippen molar-refractivity contribution in [2.24, 2.45) is 0 Å². The molecule has 1 aromatic carbocycles. The maximum Gasteiger partial charge on any atom is 0.418 e. The molecule has 0 saturated heterocycles. The number of para-hydroxylation sites is 1. The van der Waals surface area contributed by atoms with E-state index in [0.717, 1.165) is 18.9 Å². The van der Waals surface area contributed by atoms with Gasteiger partial charge in [0.15, 0.2) is 0 Å². The van der Waals surface area contributed by atoms with Crippen LogP contribution in [0.15, 0.2) is 24.3 Å². The highest BCUT2D eigenvalue weighted by Gasteiger charge is 2.35. The van der Waals surface area contributed by atoms with Crippen molar-refractivity contribution in [2.75, 3.05) is 0 Å². The first-order chi connectivity index (χ1) is 9.38. The Hall–Kier alpha value is -2.11. The zero-order chi connectivity index (χ0) is 14.5. The summed E-state index contributed by atoms with van der Waals surface area (Å²) < 4.78 is 39.0. The first kappa shape index (κ1) is 12.9. The second-order valence-corrected chi connectivity index (χ2v) is 4.87.